The Hall–Kier alpha value is -0.660. The monoisotopic (exact) mass is 252 g/mol. The highest BCUT2D eigenvalue weighted by molar-refractivity contribution is 7.90. The van der Waals surface area contributed by atoms with Crippen LogP contribution in [0.4, 0.5) is 0 Å². The van der Waals surface area contributed by atoms with Gasteiger partial charge in [-0.3, -0.25) is 4.79 Å². The lowest BCUT2D eigenvalue weighted by molar-refractivity contribution is -0.139. The second-order valence-electron chi connectivity index (χ2n) is 3.35. The number of methoxy groups -OCH3 is 1. The average molecular weight is 252 g/mol. The predicted octanol–water partition coefficient (Wildman–Crippen LogP) is -0.533. The van der Waals surface area contributed by atoms with Crippen LogP contribution in [-0.4, -0.2) is 46.4 Å². The second kappa shape index (κ2) is 7.59. The predicted molar refractivity (Wildman–Crippen MR) is 61.6 cm³/mol. The van der Waals surface area contributed by atoms with E-state index < -0.39 is 21.2 Å². The first-order valence-electron chi connectivity index (χ1n) is 5.22. The van der Waals surface area contributed by atoms with Crippen molar-refractivity contribution in [3.8, 4) is 0 Å². The van der Waals surface area contributed by atoms with Gasteiger partial charge in [0.15, 0.2) is 5.25 Å². The van der Waals surface area contributed by atoms with Gasteiger partial charge >= 0.3 is 5.97 Å². The van der Waals surface area contributed by atoms with Gasteiger partial charge in [0.1, 0.15) is 0 Å². The van der Waals surface area contributed by atoms with Gasteiger partial charge in [-0.15, -0.1) is 0 Å². The summed E-state index contributed by atoms with van der Waals surface area (Å²) in [6.07, 6.45) is 0.991. The zero-order valence-corrected chi connectivity index (χ0v) is 10.8. The van der Waals surface area contributed by atoms with Gasteiger partial charge in [-0.1, -0.05) is 6.92 Å². The van der Waals surface area contributed by atoms with E-state index in [1.807, 2.05) is 6.92 Å². The van der Waals surface area contributed by atoms with Gasteiger partial charge in [0.05, 0.1) is 7.11 Å². The summed E-state index contributed by atoms with van der Waals surface area (Å²) in [6.45, 7) is 4.98. The molecule has 0 aliphatic heterocycles. The third-order valence-electron chi connectivity index (χ3n) is 2.03. The van der Waals surface area contributed by atoms with Crippen molar-refractivity contribution >= 4 is 16.0 Å². The van der Waals surface area contributed by atoms with Gasteiger partial charge in [-0.2, -0.15) is 0 Å². The largest absolute Gasteiger partial charge is 0.468 e. The number of hydrogen-bond donors (Lipinski definition) is 2. The third-order valence-corrected chi connectivity index (χ3v) is 3.76. The summed E-state index contributed by atoms with van der Waals surface area (Å²) >= 11 is 0. The summed E-state index contributed by atoms with van der Waals surface area (Å²) in [5, 5.41) is 1.87. The first-order valence-corrected chi connectivity index (χ1v) is 6.77. The van der Waals surface area contributed by atoms with Crippen LogP contribution in [-0.2, 0) is 19.6 Å². The van der Waals surface area contributed by atoms with Gasteiger partial charge in [0, 0.05) is 13.1 Å². The molecule has 2 N–H and O–H groups in total. The molecule has 0 spiro atoms. The normalized spacial score (nSPS) is 13.4. The van der Waals surface area contributed by atoms with Gasteiger partial charge < -0.3 is 10.1 Å². The van der Waals surface area contributed by atoms with Gasteiger partial charge in [0.2, 0.25) is 10.0 Å². The molecule has 0 radical (unpaired) electrons. The van der Waals surface area contributed by atoms with E-state index in [2.05, 4.69) is 14.8 Å². The maximum Gasteiger partial charge on any atom is 0.325 e. The van der Waals surface area contributed by atoms with Crippen LogP contribution in [0.5, 0.6) is 0 Å². The first-order chi connectivity index (χ1) is 7.45. The maximum absolute atomic E-state index is 11.5. The highest BCUT2D eigenvalue weighted by Gasteiger charge is 2.27. The molecule has 0 amide bonds. The summed E-state index contributed by atoms with van der Waals surface area (Å²) < 4.78 is 29.8. The lowest BCUT2D eigenvalue weighted by Crippen LogP contribution is -2.41. The number of esters is 1. The summed E-state index contributed by atoms with van der Waals surface area (Å²) in [6, 6.07) is 0. The van der Waals surface area contributed by atoms with E-state index >= 15 is 0 Å². The average Bonchev–Trinajstić information content (AvgIpc) is 2.26. The maximum atomic E-state index is 11.5. The van der Waals surface area contributed by atoms with Crippen LogP contribution in [0.1, 0.15) is 20.3 Å². The molecule has 1 unspecified atom stereocenters. The Labute approximate surface area is 96.8 Å². The molecule has 0 saturated carbocycles. The van der Waals surface area contributed by atoms with E-state index in [0.29, 0.717) is 6.54 Å². The minimum Gasteiger partial charge on any atom is -0.468 e. The first kappa shape index (κ1) is 15.3. The quantitative estimate of drug-likeness (QED) is 0.448. The lowest BCUT2D eigenvalue weighted by atomic mass is 10.5. The highest BCUT2D eigenvalue weighted by Crippen LogP contribution is 1.99. The molecular formula is C9H20N2O4S. The standard InChI is InChI=1S/C9H20N2O4S/c1-4-5-10-6-7-11-16(13,14)8(2)9(12)15-3/h8,10-11H,4-7H2,1-3H3. The van der Waals surface area contributed by atoms with Crippen molar-refractivity contribution in [3.63, 3.8) is 0 Å². The molecular weight excluding hydrogens is 232 g/mol. The molecule has 0 aliphatic carbocycles. The molecule has 16 heavy (non-hydrogen) atoms. The molecule has 0 heterocycles. The number of carbonyl (C=O) groups excluding carboxylic acids is 1. The van der Waals surface area contributed by atoms with Crippen molar-refractivity contribution in [2.24, 2.45) is 0 Å². The molecule has 0 aromatic carbocycles. The Kier molecular flexibility index (Phi) is 7.27. The lowest BCUT2D eigenvalue weighted by Gasteiger charge is -2.11. The number of ether oxygens (including phenoxy) is 1. The third kappa shape index (κ3) is 5.43. The van der Waals surface area contributed by atoms with E-state index in [9.17, 15) is 13.2 Å². The fraction of sp³-hybridized carbons (Fsp3) is 0.889. The van der Waals surface area contributed by atoms with E-state index in [0.717, 1.165) is 20.1 Å². The number of nitrogens with one attached hydrogen (secondary N) is 2. The van der Waals surface area contributed by atoms with Crippen LogP contribution in [0.3, 0.4) is 0 Å². The molecule has 0 aromatic heterocycles. The number of rotatable bonds is 8. The van der Waals surface area contributed by atoms with Crippen molar-refractivity contribution < 1.29 is 17.9 Å². The summed E-state index contributed by atoms with van der Waals surface area (Å²) in [4.78, 5) is 11.0. The van der Waals surface area contributed by atoms with Crippen LogP contribution in [0.2, 0.25) is 0 Å². The van der Waals surface area contributed by atoms with Crippen LogP contribution >= 0.6 is 0 Å². The second-order valence-corrected chi connectivity index (χ2v) is 5.44. The van der Waals surface area contributed by atoms with Crippen molar-refractivity contribution in [1.29, 1.82) is 0 Å². The Morgan fingerprint density at radius 1 is 1.31 bits per heavy atom. The van der Waals surface area contributed by atoms with Gasteiger partial charge in [0.25, 0.3) is 0 Å². The number of carbonyl (C=O) groups is 1. The molecule has 0 aromatic rings. The van der Waals surface area contributed by atoms with E-state index in [1.165, 1.54) is 6.92 Å². The number of hydrogen-bond acceptors (Lipinski definition) is 5. The van der Waals surface area contributed by atoms with E-state index in [4.69, 9.17) is 0 Å². The fourth-order valence-electron chi connectivity index (χ4n) is 1.00. The number of sulfonamides is 1. The Balaban J connectivity index is 4.01. The van der Waals surface area contributed by atoms with Gasteiger partial charge in [-0.25, -0.2) is 13.1 Å². The van der Waals surface area contributed by atoms with Crippen LogP contribution in [0, 0.1) is 0 Å². The minimum absolute atomic E-state index is 0.268. The smallest absolute Gasteiger partial charge is 0.325 e. The summed E-state index contributed by atoms with van der Waals surface area (Å²) in [5.74, 6) is -0.756. The Bertz CT molecular complexity index is 303. The molecule has 0 aliphatic rings. The van der Waals surface area contributed by atoms with E-state index in [1.54, 1.807) is 0 Å². The molecule has 1 atom stereocenters. The molecule has 96 valence electrons. The molecule has 0 bridgehead atoms. The van der Waals surface area contributed by atoms with Crippen molar-refractivity contribution in [2.75, 3.05) is 26.7 Å². The SMILES string of the molecule is CCCNCCNS(=O)(=O)C(C)C(=O)OC. The molecule has 6 nitrogen and oxygen atoms in total. The zero-order chi connectivity index (χ0) is 12.6. The van der Waals surface area contributed by atoms with Crippen molar-refractivity contribution in [1.82, 2.24) is 10.0 Å². The summed E-state index contributed by atoms with van der Waals surface area (Å²) in [7, 11) is -2.46. The van der Waals surface area contributed by atoms with E-state index in [-0.39, 0.29) is 6.54 Å². The minimum atomic E-state index is -3.62. The van der Waals surface area contributed by atoms with Crippen LogP contribution in [0.15, 0.2) is 0 Å². The molecule has 0 fully saturated rings. The van der Waals surface area contributed by atoms with Gasteiger partial charge in [-0.05, 0) is 19.9 Å². The Morgan fingerprint density at radius 2 is 1.94 bits per heavy atom. The molecule has 7 heteroatoms. The van der Waals surface area contributed by atoms with Crippen molar-refractivity contribution in [2.45, 2.75) is 25.5 Å². The highest BCUT2D eigenvalue weighted by atomic mass is 32.2. The topological polar surface area (TPSA) is 84.5 Å². The summed E-state index contributed by atoms with van der Waals surface area (Å²) in [5.41, 5.74) is 0. The van der Waals surface area contributed by atoms with Crippen LogP contribution < -0.4 is 10.0 Å². The molecule has 0 saturated heterocycles. The van der Waals surface area contributed by atoms with Crippen LogP contribution in [0.25, 0.3) is 0 Å². The Morgan fingerprint density at radius 3 is 2.44 bits per heavy atom. The van der Waals surface area contributed by atoms with Crippen molar-refractivity contribution in [3.05, 3.63) is 0 Å². The zero-order valence-electron chi connectivity index (χ0n) is 9.95. The molecule has 0 rings (SSSR count). The fourth-order valence-corrected chi connectivity index (χ4v) is 1.99.